The van der Waals surface area contributed by atoms with Gasteiger partial charge < -0.3 is 10.1 Å². The summed E-state index contributed by atoms with van der Waals surface area (Å²) in [6.07, 6.45) is 0. The van der Waals surface area contributed by atoms with Crippen molar-refractivity contribution in [3.05, 3.63) is 52.5 Å². The van der Waals surface area contributed by atoms with Crippen molar-refractivity contribution >= 4 is 34.6 Å². The maximum absolute atomic E-state index is 6.08. The zero-order valence-corrected chi connectivity index (χ0v) is 11.4. The van der Waals surface area contributed by atoms with Crippen LogP contribution in [0, 0.1) is 0 Å². The summed E-state index contributed by atoms with van der Waals surface area (Å²) in [5.74, 6) is 0.847. The lowest BCUT2D eigenvalue weighted by Gasteiger charge is -2.09. The Bertz CT molecular complexity index is 526. The van der Waals surface area contributed by atoms with Gasteiger partial charge in [0.2, 0.25) is 0 Å². The molecule has 2 rings (SSSR count). The van der Waals surface area contributed by atoms with Crippen molar-refractivity contribution in [2.45, 2.75) is 6.92 Å². The smallest absolute Gasteiger partial charge is 0.119 e. The van der Waals surface area contributed by atoms with Gasteiger partial charge in [-0.05, 0) is 49.4 Å². The average molecular weight is 282 g/mol. The zero-order valence-electron chi connectivity index (χ0n) is 9.91. The zero-order chi connectivity index (χ0) is 13.0. The standard InChI is InChI=1S/C14H13Cl2NO/c1-2-18-12-6-4-11(5-7-12)17-14-9-10(15)3-8-13(14)16/h3-9,17H,2H2,1H3. The van der Waals surface area contributed by atoms with Crippen LogP contribution in [0.1, 0.15) is 6.92 Å². The maximum atomic E-state index is 6.08. The van der Waals surface area contributed by atoms with E-state index in [0.717, 1.165) is 17.1 Å². The van der Waals surface area contributed by atoms with Gasteiger partial charge in [0, 0.05) is 10.7 Å². The van der Waals surface area contributed by atoms with E-state index < -0.39 is 0 Å². The van der Waals surface area contributed by atoms with Crippen LogP contribution in [-0.2, 0) is 0 Å². The first-order chi connectivity index (χ1) is 8.69. The number of hydrogen-bond acceptors (Lipinski definition) is 2. The number of rotatable bonds is 4. The third-order valence-electron chi connectivity index (χ3n) is 2.37. The molecule has 0 aromatic heterocycles. The van der Waals surface area contributed by atoms with Crippen molar-refractivity contribution in [1.29, 1.82) is 0 Å². The molecule has 0 amide bonds. The van der Waals surface area contributed by atoms with E-state index in [2.05, 4.69) is 5.32 Å². The van der Waals surface area contributed by atoms with E-state index >= 15 is 0 Å². The SMILES string of the molecule is CCOc1ccc(Nc2cc(Cl)ccc2Cl)cc1. The summed E-state index contributed by atoms with van der Waals surface area (Å²) in [6, 6.07) is 13.0. The summed E-state index contributed by atoms with van der Waals surface area (Å²) in [7, 11) is 0. The second-order valence-electron chi connectivity index (χ2n) is 3.71. The minimum Gasteiger partial charge on any atom is -0.494 e. The Balaban J connectivity index is 2.15. The van der Waals surface area contributed by atoms with Crippen molar-refractivity contribution in [1.82, 2.24) is 0 Å². The first kappa shape index (κ1) is 13.1. The van der Waals surface area contributed by atoms with Crippen LogP contribution in [0.15, 0.2) is 42.5 Å². The molecule has 4 heteroatoms. The van der Waals surface area contributed by atoms with Gasteiger partial charge in [0.05, 0.1) is 17.3 Å². The Morgan fingerprint density at radius 2 is 1.78 bits per heavy atom. The average Bonchev–Trinajstić information content (AvgIpc) is 2.37. The molecule has 2 nitrogen and oxygen atoms in total. The molecule has 0 aliphatic carbocycles. The van der Waals surface area contributed by atoms with Gasteiger partial charge in [-0.15, -0.1) is 0 Å². The Kier molecular flexibility index (Phi) is 4.34. The van der Waals surface area contributed by atoms with E-state index in [4.69, 9.17) is 27.9 Å². The Hall–Kier alpha value is -1.38. The topological polar surface area (TPSA) is 21.3 Å². The van der Waals surface area contributed by atoms with Crippen molar-refractivity contribution in [2.24, 2.45) is 0 Å². The summed E-state index contributed by atoms with van der Waals surface area (Å²) >= 11 is 12.0. The molecule has 0 bridgehead atoms. The van der Waals surface area contributed by atoms with Crippen molar-refractivity contribution in [3.63, 3.8) is 0 Å². The lowest BCUT2D eigenvalue weighted by molar-refractivity contribution is 0.340. The summed E-state index contributed by atoms with van der Waals surface area (Å²) in [5, 5.41) is 4.49. The molecule has 0 heterocycles. The highest BCUT2D eigenvalue weighted by molar-refractivity contribution is 6.35. The molecule has 0 fully saturated rings. The third kappa shape index (κ3) is 3.31. The lowest BCUT2D eigenvalue weighted by Crippen LogP contribution is -1.93. The minimum absolute atomic E-state index is 0.633. The lowest BCUT2D eigenvalue weighted by atomic mass is 10.2. The Labute approximate surface area is 116 Å². The van der Waals surface area contributed by atoms with Crippen LogP contribution in [-0.4, -0.2) is 6.61 Å². The molecule has 0 saturated carbocycles. The second kappa shape index (κ2) is 5.98. The fourth-order valence-corrected chi connectivity index (χ4v) is 1.89. The van der Waals surface area contributed by atoms with Gasteiger partial charge in [-0.3, -0.25) is 0 Å². The Morgan fingerprint density at radius 3 is 2.44 bits per heavy atom. The highest BCUT2D eigenvalue weighted by Crippen LogP contribution is 2.29. The molecule has 0 radical (unpaired) electrons. The number of anilines is 2. The highest BCUT2D eigenvalue weighted by atomic mass is 35.5. The Morgan fingerprint density at radius 1 is 1.06 bits per heavy atom. The number of ether oxygens (including phenoxy) is 1. The molecule has 1 N–H and O–H groups in total. The van der Waals surface area contributed by atoms with Gasteiger partial charge in [-0.2, -0.15) is 0 Å². The quantitative estimate of drug-likeness (QED) is 0.838. The van der Waals surface area contributed by atoms with Gasteiger partial charge in [-0.1, -0.05) is 23.2 Å². The predicted molar refractivity (Wildman–Crippen MR) is 77.4 cm³/mol. The molecule has 0 unspecified atom stereocenters. The van der Waals surface area contributed by atoms with Gasteiger partial charge in [0.15, 0.2) is 0 Å². The van der Waals surface area contributed by atoms with Crippen molar-refractivity contribution < 1.29 is 4.74 Å². The second-order valence-corrected chi connectivity index (χ2v) is 4.55. The van der Waals surface area contributed by atoms with Gasteiger partial charge in [0.1, 0.15) is 5.75 Å². The summed E-state index contributed by atoms with van der Waals surface area (Å²) < 4.78 is 5.38. The largest absolute Gasteiger partial charge is 0.494 e. The number of hydrogen-bond donors (Lipinski definition) is 1. The van der Waals surface area contributed by atoms with Crippen LogP contribution < -0.4 is 10.1 Å². The van der Waals surface area contributed by atoms with Crippen molar-refractivity contribution in [2.75, 3.05) is 11.9 Å². The van der Waals surface area contributed by atoms with Gasteiger partial charge >= 0.3 is 0 Å². The first-order valence-corrected chi connectivity index (χ1v) is 6.39. The molecule has 0 atom stereocenters. The van der Waals surface area contributed by atoms with E-state index in [1.54, 1.807) is 18.2 Å². The summed E-state index contributed by atoms with van der Waals surface area (Å²) in [4.78, 5) is 0. The fraction of sp³-hybridized carbons (Fsp3) is 0.143. The van der Waals surface area contributed by atoms with E-state index in [0.29, 0.717) is 16.7 Å². The molecule has 2 aromatic carbocycles. The number of halogens is 2. The molecule has 0 aliphatic rings. The first-order valence-electron chi connectivity index (χ1n) is 5.64. The highest BCUT2D eigenvalue weighted by Gasteiger charge is 2.02. The van der Waals surface area contributed by atoms with Crippen LogP contribution >= 0.6 is 23.2 Å². The molecule has 94 valence electrons. The van der Waals surface area contributed by atoms with Crippen molar-refractivity contribution in [3.8, 4) is 5.75 Å². The van der Waals surface area contributed by atoms with Crippen LogP contribution in [0.2, 0.25) is 10.0 Å². The van der Waals surface area contributed by atoms with E-state index in [9.17, 15) is 0 Å². The number of benzene rings is 2. The molecule has 0 spiro atoms. The van der Waals surface area contributed by atoms with Gasteiger partial charge in [0.25, 0.3) is 0 Å². The van der Waals surface area contributed by atoms with Gasteiger partial charge in [-0.25, -0.2) is 0 Å². The summed E-state index contributed by atoms with van der Waals surface area (Å²) in [6.45, 7) is 2.62. The third-order valence-corrected chi connectivity index (χ3v) is 2.94. The van der Waals surface area contributed by atoms with E-state index in [1.165, 1.54) is 0 Å². The molecule has 0 saturated heterocycles. The molecule has 18 heavy (non-hydrogen) atoms. The maximum Gasteiger partial charge on any atom is 0.119 e. The van der Waals surface area contributed by atoms with Crippen LogP contribution in [0.3, 0.4) is 0 Å². The summed E-state index contributed by atoms with van der Waals surface area (Å²) in [5.41, 5.74) is 1.72. The normalized spacial score (nSPS) is 10.2. The molecule has 2 aromatic rings. The van der Waals surface area contributed by atoms with Crippen LogP contribution in [0.25, 0.3) is 0 Å². The number of nitrogens with one attached hydrogen (secondary N) is 1. The molecule has 0 aliphatic heterocycles. The van der Waals surface area contributed by atoms with Crippen LogP contribution in [0.4, 0.5) is 11.4 Å². The van der Waals surface area contributed by atoms with Crippen LogP contribution in [0.5, 0.6) is 5.75 Å². The predicted octanol–water partition coefficient (Wildman–Crippen LogP) is 5.14. The molecular weight excluding hydrogens is 269 g/mol. The van der Waals surface area contributed by atoms with E-state index in [-0.39, 0.29) is 0 Å². The monoisotopic (exact) mass is 281 g/mol. The molecular formula is C14H13Cl2NO. The minimum atomic E-state index is 0.633. The van der Waals surface area contributed by atoms with E-state index in [1.807, 2.05) is 31.2 Å². The fourth-order valence-electron chi connectivity index (χ4n) is 1.55.